The zero-order valence-corrected chi connectivity index (χ0v) is 8.17. The summed E-state index contributed by atoms with van der Waals surface area (Å²) >= 11 is 0. The first kappa shape index (κ1) is 12.8. The Labute approximate surface area is 86.0 Å². The number of likely N-dealkylation sites (tertiary alicyclic amines) is 1. The molecule has 3 nitrogen and oxygen atoms in total. The molecule has 1 rings (SSSR count). The van der Waals surface area contributed by atoms with Gasteiger partial charge in [0.05, 0.1) is 12.8 Å². The van der Waals surface area contributed by atoms with Crippen LogP contribution in [0.25, 0.3) is 0 Å². The molecule has 1 fully saturated rings. The van der Waals surface area contributed by atoms with Crippen molar-refractivity contribution in [3.63, 3.8) is 0 Å². The minimum Gasteiger partial charge on any atom is -0.495 e. The third-order valence-electron chi connectivity index (χ3n) is 2.17. The van der Waals surface area contributed by atoms with Crippen molar-refractivity contribution in [1.29, 1.82) is 0 Å². The number of methoxy groups -OCH3 is 1. The van der Waals surface area contributed by atoms with Crippen molar-refractivity contribution in [3.8, 4) is 0 Å². The van der Waals surface area contributed by atoms with Crippen LogP contribution in [0.3, 0.4) is 0 Å². The minimum absolute atomic E-state index is 0. The summed E-state index contributed by atoms with van der Waals surface area (Å²) in [5.74, 6) is 0.712. The Bertz CT molecular complexity index is 256. The van der Waals surface area contributed by atoms with Crippen molar-refractivity contribution >= 4 is 5.91 Å². The van der Waals surface area contributed by atoms with Crippen LogP contribution in [0, 0.1) is 0 Å². The second-order valence-electron chi connectivity index (χ2n) is 2.95. The predicted octanol–water partition coefficient (Wildman–Crippen LogP) is 2.31. The van der Waals surface area contributed by atoms with E-state index in [4.69, 9.17) is 4.74 Å². The van der Waals surface area contributed by atoms with E-state index in [1.54, 1.807) is 12.0 Å². The van der Waals surface area contributed by atoms with Gasteiger partial charge in [-0.25, -0.2) is 0 Å². The molecular formula is C11H19NO2. The quantitative estimate of drug-likeness (QED) is 0.513. The fraction of sp³-hybridized carbons (Fsp3) is 0.545. The maximum absolute atomic E-state index is 11.4. The Morgan fingerprint density at radius 3 is 2.64 bits per heavy atom. The molecule has 80 valence electrons. The molecule has 3 heteroatoms. The molecule has 0 radical (unpaired) electrons. The van der Waals surface area contributed by atoms with Gasteiger partial charge in [-0.1, -0.05) is 20.1 Å². The van der Waals surface area contributed by atoms with E-state index in [1.807, 2.05) is 13.0 Å². The van der Waals surface area contributed by atoms with E-state index in [9.17, 15) is 4.79 Å². The maximum Gasteiger partial charge on any atom is 0.227 e. The number of rotatable bonds is 3. The lowest BCUT2D eigenvalue weighted by atomic mass is 10.3. The third kappa shape index (κ3) is 2.37. The first-order chi connectivity index (χ1) is 6.20. The molecular weight excluding hydrogens is 178 g/mol. The predicted molar refractivity (Wildman–Crippen MR) is 57.6 cm³/mol. The van der Waals surface area contributed by atoms with Crippen LogP contribution in [0.1, 0.15) is 27.2 Å². The second-order valence-corrected chi connectivity index (χ2v) is 2.95. The molecule has 0 saturated carbocycles. The highest BCUT2D eigenvalue weighted by Gasteiger charge is 2.24. The van der Waals surface area contributed by atoms with Crippen LogP contribution in [0.4, 0.5) is 0 Å². The number of carbonyl (C=O) groups excluding carboxylic acids is 1. The fourth-order valence-electron chi connectivity index (χ4n) is 1.47. The van der Waals surface area contributed by atoms with Gasteiger partial charge in [0.1, 0.15) is 5.76 Å². The lowest BCUT2D eigenvalue weighted by molar-refractivity contribution is -0.126. The summed E-state index contributed by atoms with van der Waals surface area (Å²) < 4.78 is 5.01. The molecule has 0 aromatic heterocycles. The number of amides is 1. The molecule has 1 amide bonds. The number of hydrogen-bond donors (Lipinski definition) is 0. The molecule has 0 spiro atoms. The zero-order valence-electron chi connectivity index (χ0n) is 8.17. The second kappa shape index (κ2) is 5.47. The van der Waals surface area contributed by atoms with Crippen LogP contribution in [-0.2, 0) is 9.53 Å². The van der Waals surface area contributed by atoms with E-state index in [2.05, 4.69) is 6.58 Å². The van der Waals surface area contributed by atoms with E-state index >= 15 is 0 Å². The van der Waals surface area contributed by atoms with Gasteiger partial charge in [-0.2, -0.15) is 0 Å². The molecule has 0 unspecified atom stereocenters. The topological polar surface area (TPSA) is 29.5 Å². The largest absolute Gasteiger partial charge is 0.495 e. The normalized spacial score (nSPS) is 16.6. The van der Waals surface area contributed by atoms with Crippen molar-refractivity contribution in [2.45, 2.75) is 27.2 Å². The van der Waals surface area contributed by atoms with Gasteiger partial charge in [0, 0.05) is 13.0 Å². The number of allylic oxidation sites excluding steroid dienone is 1. The molecule has 0 aromatic carbocycles. The Balaban J connectivity index is 0.00000169. The lowest BCUT2D eigenvalue weighted by Crippen LogP contribution is -2.25. The highest BCUT2D eigenvalue weighted by molar-refractivity contribution is 5.80. The summed E-state index contributed by atoms with van der Waals surface area (Å²) in [7, 11) is 1.56. The van der Waals surface area contributed by atoms with Crippen molar-refractivity contribution < 1.29 is 9.53 Å². The van der Waals surface area contributed by atoms with Crippen molar-refractivity contribution in [1.82, 2.24) is 4.90 Å². The van der Waals surface area contributed by atoms with Gasteiger partial charge in [-0.05, 0) is 13.3 Å². The SMILES string of the molecule is C.C=C(OC)C(=CC)N1CCCC1=O. The molecule has 1 heterocycles. The van der Waals surface area contributed by atoms with Gasteiger partial charge in [0.25, 0.3) is 0 Å². The van der Waals surface area contributed by atoms with Crippen molar-refractivity contribution in [2.24, 2.45) is 0 Å². The average Bonchev–Trinajstić information content (AvgIpc) is 2.53. The van der Waals surface area contributed by atoms with Crippen LogP contribution in [0.2, 0.25) is 0 Å². The summed E-state index contributed by atoms with van der Waals surface area (Å²) in [4.78, 5) is 13.1. The van der Waals surface area contributed by atoms with Gasteiger partial charge < -0.3 is 9.64 Å². The van der Waals surface area contributed by atoms with Gasteiger partial charge >= 0.3 is 0 Å². The van der Waals surface area contributed by atoms with Crippen molar-refractivity contribution in [2.75, 3.05) is 13.7 Å². The van der Waals surface area contributed by atoms with Gasteiger partial charge in [-0.15, -0.1) is 0 Å². The molecule has 1 saturated heterocycles. The Morgan fingerprint density at radius 1 is 1.64 bits per heavy atom. The Morgan fingerprint density at radius 2 is 2.29 bits per heavy atom. The van der Waals surface area contributed by atoms with E-state index < -0.39 is 0 Å². The molecule has 0 N–H and O–H groups in total. The van der Waals surface area contributed by atoms with E-state index in [-0.39, 0.29) is 13.3 Å². The first-order valence-electron chi connectivity index (χ1n) is 4.40. The van der Waals surface area contributed by atoms with Crippen LogP contribution < -0.4 is 0 Å². The number of nitrogens with zero attached hydrogens (tertiary/aromatic N) is 1. The van der Waals surface area contributed by atoms with Crippen LogP contribution in [0.15, 0.2) is 24.1 Å². The smallest absolute Gasteiger partial charge is 0.227 e. The number of ether oxygens (including phenoxy) is 1. The minimum atomic E-state index is 0. The van der Waals surface area contributed by atoms with Crippen molar-refractivity contribution in [3.05, 3.63) is 24.1 Å². The first-order valence-corrected chi connectivity index (χ1v) is 4.40. The van der Waals surface area contributed by atoms with Gasteiger partial charge in [0.2, 0.25) is 5.91 Å². The summed E-state index contributed by atoms with van der Waals surface area (Å²) in [6.07, 6.45) is 3.41. The zero-order chi connectivity index (χ0) is 9.84. The molecule has 1 aliphatic heterocycles. The van der Waals surface area contributed by atoms with Crippen LogP contribution >= 0.6 is 0 Å². The average molecular weight is 197 g/mol. The molecule has 0 aromatic rings. The van der Waals surface area contributed by atoms with E-state index in [0.717, 1.165) is 18.7 Å². The molecule has 0 bridgehead atoms. The molecule has 0 aliphatic carbocycles. The number of hydrogen-bond acceptors (Lipinski definition) is 2. The van der Waals surface area contributed by atoms with Crippen LogP contribution in [-0.4, -0.2) is 24.5 Å². The molecule has 1 aliphatic rings. The Kier molecular flexibility index (Phi) is 4.99. The van der Waals surface area contributed by atoms with Gasteiger partial charge in [0.15, 0.2) is 0 Å². The highest BCUT2D eigenvalue weighted by atomic mass is 16.5. The van der Waals surface area contributed by atoms with E-state index in [0.29, 0.717) is 12.2 Å². The summed E-state index contributed by atoms with van der Waals surface area (Å²) in [6, 6.07) is 0. The number of carbonyl (C=O) groups is 1. The van der Waals surface area contributed by atoms with Gasteiger partial charge in [-0.3, -0.25) is 4.79 Å². The fourth-order valence-corrected chi connectivity index (χ4v) is 1.47. The summed E-state index contributed by atoms with van der Waals surface area (Å²) in [5, 5.41) is 0. The Hall–Kier alpha value is -1.25. The molecule has 0 atom stereocenters. The highest BCUT2D eigenvalue weighted by Crippen LogP contribution is 2.21. The maximum atomic E-state index is 11.4. The molecule has 14 heavy (non-hydrogen) atoms. The third-order valence-corrected chi connectivity index (χ3v) is 2.17. The lowest BCUT2D eigenvalue weighted by Gasteiger charge is -2.20. The van der Waals surface area contributed by atoms with Crippen LogP contribution in [0.5, 0.6) is 0 Å². The summed E-state index contributed by atoms with van der Waals surface area (Å²) in [5.41, 5.74) is 0.796. The summed E-state index contributed by atoms with van der Waals surface area (Å²) in [6.45, 7) is 6.40. The van der Waals surface area contributed by atoms with E-state index in [1.165, 1.54) is 0 Å². The standard InChI is InChI=1S/C10H15NO2.CH4/c1-4-9(8(2)13-3)11-7-5-6-10(11)12;/h4H,2,5-7H2,1,3H3;1H4. The monoisotopic (exact) mass is 197 g/mol.